The Hall–Kier alpha value is -0.330. The van der Waals surface area contributed by atoms with Crippen LogP contribution in [0.2, 0.25) is 0 Å². The maximum atomic E-state index is 13.7. The van der Waals surface area contributed by atoms with Crippen LogP contribution in [-0.4, -0.2) is 87.0 Å². The highest BCUT2D eigenvalue weighted by molar-refractivity contribution is 9.09. The molecule has 38 heavy (non-hydrogen) atoms. The summed E-state index contributed by atoms with van der Waals surface area (Å²) in [5, 5.41) is 20.7. The van der Waals surface area contributed by atoms with Gasteiger partial charge in [0.05, 0.1) is 17.1 Å². The first-order valence-corrected chi connectivity index (χ1v) is 16.2. The van der Waals surface area contributed by atoms with E-state index in [0.29, 0.717) is 18.0 Å². The van der Waals surface area contributed by atoms with E-state index in [2.05, 4.69) is 56.0 Å². The summed E-state index contributed by atoms with van der Waals surface area (Å²) in [6.45, 7) is 9.22. The van der Waals surface area contributed by atoms with Gasteiger partial charge in [-0.15, -0.1) is 0 Å². The monoisotopic (exact) mass is 602 g/mol. The number of hydrazine groups is 2. The number of aliphatic hydroxyl groups excluding tert-OH is 2. The first-order valence-electron chi connectivity index (χ1n) is 15.3. The fraction of sp³-hybridized carbons (Fsp3) is 0.964. The molecule has 3 heterocycles. The number of aliphatic hydroxyl groups is 2. The lowest BCUT2D eigenvalue weighted by Gasteiger charge is -2.48. The second-order valence-corrected chi connectivity index (χ2v) is 12.7. The smallest absolute Gasteiger partial charge is 0.242 e. The van der Waals surface area contributed by atoms with Crippen LogP contribution in [-0.2, 0) is 4.79 Å². The van der Waals surface area contributed by atoms with Crippen LogP contribution in [0.4, 0.5) is 0 Å². The molecule has 10 atom stereocenters. The minimum atomic E-state index is -0.394. The molecule has 0 spiro atoms. The van der Waals surface area contributed by atoms with Crippen LogP contribution in [0.5, 0.6) is 0 Å². The number of likely N-dealkylation sites (tertiary alicyclic amines) is 1. The van der Waals surface area contributed by atoms with E-state index in [1.165, 1.54) is 19.3 Å². The summed E-state index contributed by atoms with van der Waals surface area (Å²) in [4.78, 5) is 15.9. The summed E-state index contributed by atoms with van der Waals surface area (Å²) in [5.74, 6) is 2.10. The van der Waals surface area contributed by atoms with Crippen LogP contribution in [0.1, 0.15) is 91.9 Å². The van der Waals surface area contributed by atoms with Crippen molar-refractivity contribution in [2.24, 2.45) is 23.5 Å². The maximum Gasteiger partial charge on any atom is 0.242 e. The summed E-state index contributed by atoms with van der Waals surface area (Å²) < 4.78 is 0. The number of amides is 1. The van der Waals surface area contributed by atoms with Gasteiger partial charge in [0.1, 0.15) is 6.04 Å². The average molecular weight is 604 g/mol. The number of carbonyl (C=O) groups excluding carboxylic acids is 1. The Balaban J connectivity index is 0.000000956. The van der Waals surface area contributed by atoms with Gasteiger partial charge in [0.25, 0.3) is 0 Å². The van der Waals surface area contributed by atoms with Gasteiger partial charge in [0.2, 0.25) is 5.91 Å². The molecule has 3 saturated heterocycles. The highest BCUT2D eigenvalue weighted by Crippen LogP contribution is 2.46. The molecule has 0 aromatic heterocycles. The van der Waals surface area contributed by atoms with Crippen LogP contribution in [0, 0.1) is 17.8 Å². The predicted molar refractivity (Wildman–Crippen MR) is 156 cm³/mol. The molecule has 5 aliphatic rings. The van der Waals surface area contributed by atoms with E-state index < -0.39 is 6.04 Å². The first-order chi connectivity index (χ1) is 18.4. The van der Waals surface area contributed by atoms with Crippen molar-refractivity contribution < 1.29 is 15.0 Å². The Bertz CT molecular complexity index is 731. The normalized spacial score (nSPS) is 41.3. The van der Waals surface area contributed by atoms with Crippen LogP contribution < -0.4 is 22.0 Å². The zero-order valence-electron chi connectivity index (χ0n) is 24.3. The minimum Gasteiger partial charge on any atom is -0.400 e. The Morgan fingerprint density at radius 2 is 1.68 bits per heavy atom. The number of nitrogens with two attached hydrogens (primary N) is 1. The van der Waals surface area contributed by atoms with Crippen LogP contribution in [0.3, 0.4) is 0 Å². The molecule has 9 unspecified atom stereocenters. The third-order valence-corrected chi connectivity index (χ3v) is 10.0. The van der Waals surface area contributed by atoms with E-state index >= 15 is 0 Å². The first kappa shape index (κ1) is 32.2. The molecule has 2 aliphatic carbocycles. The van der Waals surface area contributed by atoms with Crippen molar-refractivity contribution in [2.75, 3.05) is 13.7 Å². The van der Waals surface area contributed by atoms with Crippen molar-refractivity contribution >= 4 is 21.8 Å². The van der Waals surface area contributed by atoms with Gasteiger partial charge >= 0.3 is 0 Å². The SMILES string of the molecule is CC.CCCC1NN(C2CCC(C3CC3)CC2O)C2CCN(C(=O)C3NNC(Br)CC3N)[C@@H](CC)C12.CO. The maximum absolute atomic E-state index is 13.7. The van der Waals surface area contributed by atoms with Crippen molar-refractivity contribution in [2.45, 2.75) is 139 Å². The number of fused-ring (bicyclic) bond motifs is 1. The minimum absolute atomic E-state index is 0.0854. The van der Waals surface area contributed by atoms with Gasteiger partial charge in [0, 0.05) is 43.7 Å². The molecule has 222 valence electrons. The lowest BCUT2D eigenvalue weighted by molar-refractivity contribution is -0.142. The van der Waals surface area contributed by atoms with Gasteiger partial charge in [-0.2, -0.15) is 0 Å². The number of piperidine rings is 1. The molecule has 1 amide bonds. The molecule has 0 aromatic carbocycles. The third-order valence-electron chi connectivity index (χ3n) is 9.43. The fourth-order valence-electron chi connectivity index (χ4n) is 7.63. The number of carbonyl (C=O) groups is 1. The topological polar surface area (TPSA) is 126 Å². The van der Waals surface area contributed by atoms with E-state index in [1.807, 2.05) is 13.8 Å². The lowest BCUT2D eigenvalue weighted by Crippen LogP contribution is -2.68. The van der Waals surface area contributed by atoms with Gasteiger partial charge < -0.3 is 20.8 Å². The molecule has 3 aliphatic heterocycles. The summed E-state index contributed by atoms with van der Waals surface area (Å²) in [5.41, 5.74) is 16.6. The molecule has 0 radical (unpaired) electrons. The summed E-state index contributed by atoms with van der Waals surface area (Å²) >= 11 is 3.54. The number of alkyl halides is 1. The number of hydrogen-bond acceptors (Lipinski definition) is 8. The van der Waals surface area contributed by atoms with Gasteiger partial charge in [-0.05, 0) is 69.6 Å². The Morgan fingerprint density at radius 3 is 2.26 bits per heavy atom. The van der Waals surface area contributed by atoms with Gasteiger partial charge in [-0.1, -0.05) is 50.0 Å². The molecule has 0 bridgehead atoms. The predicted octanol–water partition coefficient (Wildman–Crippen LogP) is 2.46. The molecule has 5 rings (SSSR count). The fourth-order valence-corrected chi connectivity index (χ4v) is 8.19. The van der Waals surface area contributed by atoms with Gasteiger partial charge in [-0.3, -0.25) is 10.2 Å². The second-order valence-electron chi connectivity index (χ2n) is 11.6. The Morgan fingerprint density at radius 1 is 1.00 bits per heavy atom. The number of rotatable bonds is 6. The molecular weight excluding hydrogens is 548 g/mol. The molecule has 7 N–H and O–H groups in total. The van der Waals surface area contributed by atoms with Crippen LogP contribution in [0.25, 0.3) is 0 Å². The highest BCUT2D eigenvalue weighted by Gasteiger charge is 2.54. The van der Waals surface area contributed by atoms with Crippen LogP contribution in [0.15, 0.2) is 0 Å². The van der Waals surface area contributed by atoms with E-state index in [1.54, 1.807) is 0 Å². The Kier molecular flexibility index (Phi) is 12.8. The van der Waals surface area contributed by atoms with Crippen molar-refractivity contribution in [1.29, 1.82) is 0 Å². The molecule has 2 saturated carbocycles. The van der Waals surface area contributed by atoms with E-state index in [9.17, 15) is 9.90 Å². The van der Waals surface area contributed by atoms with Crippen molar-refractivity contribution in [1.82, 2.24) is 26.2 Å². The molecule has 9 nitrogen and oxygen atoms in total. The van der Waals surface area contributed by atoms with E-state index in [-0.39, 0.29) is 35.1 Å². The second kappa shape index (κ2) is 15.1. The molecule has 10 heteroatoms. The van der Waals surface area contributed by atoms with Gasteiger partial charge in [-0.25, -0.2) is 15.9 Å². The summed E-state index contributed by atoms with van der Waals surface area (Å²) in [6.07, 6.45) is 10.6. The largest absolute Gasteiger partial charge is 0.400 e. The standard InChI is InChI=1S/C25H45BrN6O2.C2H6.CH4O/c1-3-5-17-23-18(4-2)31(25(34)24-16(27)13-22(26)28-29-24)11-10-20(23)32(30-17)19-9-8-15(12-21(19)33)14-6-7-14;2*1-2/h14-24,28-30,33H,3-13,27H2,1-2H3;1-2H3;2H,1H3/t15?,16?,17?,18-,19?,20?,21?,22?,23?,24?;;/m0../s1. The van der Waals surface area contributed by atoms with Crippen molar-refractivity contribution in [3.8, 4) is 0 Å². The zero-order valence-corrected chi connectivity index (χ0v) is 25.9. The molecular formula is C28H55BrN6O3. The number of nitrogens with one attached hydrogen (secondary N) is 3. The Labute approximate surface area is 239 Å². The number of halogens is 1. The lowest BCUT2D eigenvalue weighted by atomic mass is 9.76. The third kappa shape index (κ3) is 6.93. The van der Waals surface area contributed by atoms with E-state index in [0.717, 1.165) is 70.4 Å². The molecule has 0 aromatic rings. The summed E-state index contributed by atoms with van der Waals surface area (Å²) in [6, 6.07) is 0.500. The van der Waals surface area contributed by atoms with Crippen LogP contribution >= 0.6 is 15.9 Å². The average Bonchev–Trinajstić information content (AvgIpc) is 3.73. The van der Waals surface area contributed by atoms with Gasteiger partial charge in [0.15, 0.2) is 0 Å². The summed E-state index contributed by atoms with van der Waals surface area (Å²) in [7, 11) is 1.00. The van der Waals surface area contributed by atoms with Crippen molar-refractivity contribution in [3.63, 3.8) is 0 Å². The highest BCUT2D eigenvalue weighted by atomic mass is 79.9. The number of nitrogens with zero attached hydrogens (tertiary/aromatic N) is 2. The quantitative estimate of drug-likeness (QED) is 0.202. The molecule has 5 fully saturated rings. The van der Waals surface area contributed by atoms with Crippen molar-refractivity contribution in [3.05, 3.63) is 0 Å². The zero-order chi connectivity index (χ0) is 28.0. The van der Waals surface area contributed by atoms with E-state index in [4.69, 9.17) is 10.8 Å². The number of hydrogen-bond donors (Lipinski definition) is 6.